The molecule has 3 aliphatic rings. The monoisotopic (exact) mass is 517 g/mol. The lowest BCUT2D eigenvalue weighted by atomic mass is 9.77. The van der Waals surface area contributed by atoms with Crippen molar-refractivity contribution < 1.29 is 33.4 Å². The SMILES string of the molecule is COc1ccc(N2C(=O)C3C(c4ccccc4Cl)OC4(C(=O)c5ccccc5C4=O)C3C2=O)c(OC)c1. The lowest BCUT2D eigenvalue weighted by Gasteiger charge is -2.28. The van der Waals surface area contributed by atoms with Crippen LogP contribution < -0.4 is 14.4 Å². The van der Waals surface area contributed by atoms with Crippen molar-refractivity contribution in [2.45, 2.75) is 11.7 Å². The van der Waals surface area contributed by atoms with Crippen LogP contribution in [0.3, 0.4) is 0 Å². The number of halogens is 1. The maximum absolute atomic E-state index is 14.1. The predicted molar refractivity (Wildman–Crippen MR) is 132 cm³/mol. The van der Waals surface area contributed by atoms with Gasteiger partial charge in [0.25, 0.3) is 0 Å². The lowest BCUT2D eigenvalue weighted by molar-refractivity contribution is -0.127. The fourth-order valence-electron chi connectivity index (χ4n) is 5.71. The molecule has 9 heteroatoms. The van der Waals surface area contributed by atoms with Gasteiger partial charge in [-0.25, -0.2) is 4.90 Å². The summed E-state index contributed by atoms with van der Waals surface area (Å²) in [5, 5.41) is 0.291. The number of carbonyl (C=O) groups is 4. The van der Waals surface area contributed by atoms with Gasteiger partial charge in [0.05, 0.1) is 37.8 Å². The van der Waals surface area contributed by atoms with Gasteiger partial charge in [-0.3, -0.25) is 19.2 Å². The lowest BCUT2D eigenvalue weighted by Crippen LogP contribution is -2.51. The maximum atomic E-state index is 14.1. The minimum absolute atomic E-state index is 0.159. The van der Waals surface area contributed by atoms with Gasteiger partial charge in [0.15, 0.2) is 0 Å². The highest BCUT2D eigenvalue weighted by Crippen LogP contribution is 2.58. The first-order valence-electron chi connectivity index (χ1n) is 11.6. The quantitative estimate of drug-likeness (QED) is 0.380. The van der Waals surface area contributed by atoms with Crippen molar-refractivity contribution in [3.63, 3.8) is 0 Å². The molecule has 0 N–H and O–H groups in total. The van der Waals surface area contributed by atoms with Crippen LogP contribution in [0.25, 0.3) is 0 Å². The molecule has 3 aromatic carbocycles. The van der Waals surface area contributed by atoms with Crippen LogP contribution in [-0.4, -0.2) is 43.2 Å². The molecule has 0 bridgehead atoms. The van der Waals surface area contributed by atoms with Crippen LogP contribution in [0.15, 0.2) is 66.7 Å². The average molecular weight is 518 g/mol. The van der Waals surface area contributed by atoms with E-state index in [0.29, 0.717) is 16.3 Å². The summed E-state index contributed by atoms with van der Waals surface area (Å²) in [6.07, 6.45) is -1.10. The van der Waals surface area contributed by atoms with Gasteiger partial charge in [0.2, 0.25) is 29.0 Å². The molecule has 6 rings (SSSR count). The number of imide groups is 1. The van der Waals surface area contributed by atoms with Crippen molar-refractivity contribution in [3.05, 3.63) is 88.4 Å². The highest BCUT2D eigenvalue weighted by atomic mass is 35.5. The highest BCUT2D eigenvalue weighted by molar-refractivity contribution is 6.37. The number of ether oxygens (including phenoxy) is 3. The van der Waals surface area contributed by atoms with E-state index in [9.17, 15) is 19.2 Å². The molecule has 3 unspecified atom stereocenters. The summed E-state index contributed by atoms with van der Waals surface area (Å²) in [4.78, 5) is 56.7. The summed E-state index contributed by atoms with van der Waals surface area (Å²) in [7, 11) is 2.89. The van der Waals surface area contributed by atoms with Gasteiger partial charge in [0.1, 0.15) is 11.5 Å². The molecule has 2 fully saturated rings. The summed E-state index contributed by atoms with van der Waals surface area (Å²) in [5.41, 5.74) is -1.27. The summed E-state index contributed by atoms with van der Waals surface area (Å²) in [5.74, 6) is -4.48. The van der Waals surface area contributed by atoms with E-state index < -0.39 is 46.9 Å². The first-order chi connectivity index (χ1) is 17.8. The molecule has 2 aliphatic heterocycles. The number of amides is 2. The molecule has 2 heterocycles. The zero-order valence-electron chi connectivity index (χ0n) is 19.8. The molecular formula is C28H20ClNO7. The minimum atomic E-state index is -2.18. The second-order valence-electron chi connectivity index (χ2n) is 9.05. The number of anilines is 1. The van der Waals surface area contributed by atoms with E-state index in [0.717, 1.165) is 4.90 Å². The smallest absolute Gasteiger partial charge is 0.241 e. The van der Waals surface area contributed by atoms with E-state index in [1.165, 1.54) is 32.4 Å². The van der Waals surface area contributed by atoms with Gasteiger partial charge < -0.3 is 14.2 Å². The van der Waals surface area contributed by atoms with E-state index in [1.807, 2.05) is 0 Å². The van der Waals surface area contributed by atoms with E-state index in [4.69, 9.17) is 25.8 Å². The predicted octanol–water partition coefficient (Wildman–Crippen LogP) is 4.05. The van der Waals surface area contributed by atoms with E-state index >= 15 is 0 Å². The second-order valence-corrected chi connectivity index (χ2v) is 9.46. The Bertz CT molecular complexity index is 1480. The van der Waals surface area contributed by atoms with E-state index in [1.54, 1.807) is 48.5 Å². The third-order valence-electron chi connectivity index (χ3n) is 7.36. The first-order valence-corrected chi connectivity index (χ1v) is 11.9. The zero-order valence-corrected chi connectivity index (χ0v) is 20.5. The number of Topliss-reactive ketones (excluding diaryl/α,β-unsaturated/α-hetero) is 2. The van der Waals surface area contributed by atoms with Gasteiger partial charge in [-0.2, -0.15) is 0 Å². The molecule has 0 aromatic heterocycles. The molecule has 186 valence electrons. The Labute approximate surface area is 216 Å². The second kappa shape index (κ2) is 8.26. The number of benzene rings is 3. The van der Waals surface area contributed by atoms with Crippen molar-refractivity contribution in [2.75, 3.05) is 19.1 Å². The summed E-state index contributed by atoms with van der Waals surface area (Å²) in [6, 6.07) is 17.7. The van der Waals surface area contributed by atoms with Gasteiger partial charge >= 0.3 is 0 Å². The third kappa shape index (κ3) is 3.00. The van der Waals surface area contributed by atoms with Crippen LogP contribution in [0.4, 0.5) is 5.69 Å². The number of methoxy groups -OCH3 is 2. The Kier molecular flexibility index (Phi) is 5.22. The maximum Gasteiger partial charge on any atom is 0.241 e. The fraction of sp³-hybridized carbons (Fsp3) is 0.214. The van der Waals surface area contributed by atoms with E-state index in [-0.39, 0.29) is 22.6 Å². The Balaban J connectivity index is 1.56. The Morgan fingerprint density at radius 3 is 2.11 bits per heavy atom. The number of nitrogens with zero attached hydrogens (tertiary/aromatic N) is 1. The average Bonchev–Trinajstić information content (AvgIpc) is 3.48. The number of rotatable bonds is 4. The van der Waals surface area contributed by atoms with Crippen molar-refractivity contribution in [1.82, 2.24) is 0 Å². The third-order valence-corrected chi connectivity index (χ3v) is 7.70. The van der Waals surface area contributed by atoms with Crippen LogP contribution in [0.5, 0.6) is 11.5 Å². The Morgan fingerprint density at radius 1 is 0.838 bits per heavy atom. The van der Waals surface area contributed by atoms with Crippen molar-refractivity contribution >= 4 is 40.7 Å². The number of hydrogen-bond acceptors (Lipinski definition) is 7. The van der Waals surface area contributed by atoms with Gasteiger partial charge in [0, 0.05) is 27.8 Å². The molecule has 1 spiro atoms. The van der Waals surface area contributed by atoms with E-state index in [2.05, 4.69) is 0 Å². The van der Waals surface area contributed by atoms with Gasteiger partial charge in [-0.05, 0) is 18.2 Å². The number of hydrogen-bond donors (Lipinski definition) is 0. The molecular weight excluding hydrogens is 498 g/mol. The largest absolute Gasteiger partial charge is 0.497 e. The number of carbonyl (C=O) groups excluding carboxylic acids is 4. The summed E-state index contributed by atoms with van der Waals surface area (Å²) >= 11 is 6.48. The molecule has 2 saturated heterocycles. The molecule has 0 saturated carbocycles. The standard InChI is InChI=1S/C28H20ClNO7/c1-35-14-11-12-19(20(13-14)36-2)30-26(33)21-22(27(30)34)28(37-23(21)17-9-5-6-10-18(17)29)24(31)15-7-3-4-8-16(15)25(28)32/h3-13,21-23H,1-2H3. The van der Waals surface area contributed by atoms with Crippen LogP contribution in [0.1, 0.15) is 32.4 Å². The van der Waals surface area contributed by atoms with Crippen LogP contribution in [-0.2, 0) is 14.3 Å². The van der Waals surface area contributed by atoms with Crippen molar-refractivity contribution in [1.29, 1.82) is 0 Å². The Hall–Kier alpha value is -4.01. The van der Waals surface area contributed by atoms with Crippen LogP contribution in [0.2, 0.25) is 5.02 Å². The van der Waals surface area contributed by atoms with Crippen molar-refractivity contribution in [2.24, 2.45) is 11.8 Å². The Morgan fingerprint density at radius 2 is 1.49 bits per heavy atom. The number of fused-ring (bicyclic) bond motifs is 3. The molecule has 2 amide bonds. The molecule has 3 atom stereocenters. The van der Waals surface area contributed by atoms with Crippen LogP contribution in [0, 0.1) is 11.8 Å². The fourth-order valence-corrected chi connectivity index (χ4v) is 5.96. The summed E-state index contributed by atoms with van der Waals surface area (Å²) in [6.45, 7) is 0. The molecule has 1 aliphatic carbocycles. The van der Waals surface area contributed by atoms with Gasteiger partial charge in [-0.15, -0.1) is 0 Å². The first kappa shape index (κ1) is 23.4. The number of ketones is 2. The molecule has 0 radical (unpaired) electrons. The summed E-state index contributed by atoms with van der Waals surface area (Å²) < 4.78 is 17.0. The molecule has 8 nitrogen and oxygen atoms in total. The molecule has 37 heavy (non-hydrogen) atoms. The van der Waals surface area contributed by atoms with Crippen LogP contribution >= 0.6 is 11.6 Å². The minimum Gasteiger partial charge on any atom is -0.497 e. The zero-order chi connectivity index (χ0) is 26.1. The highest BCUT2D eigenvalue weighted by Gasteiger charge is 2.75. The van der Waals surface area contributed by atoms with Gasteiger partial charge in [-0.1, -0.05) is 54.1 Å². The van der Waals surface area contributed by atoms with Crippen molar-refractivity contribution in [3.8, 4) is 11.5 Å². The topological polar surface area (TPSA) is 99.2 Å². The normalized spacial score (nSPS) is 23.5. The molecule has 3 aromatic rings.